The van der Waals surface area contributed by atoms with Gasteiger partial charge in [0.25, 0.3) is 0 Å². The minimum absolute atomic E-state index is 0.284. The van der Waals surface area contributed by atoms with Crippen molar-refractivity contribution in [1.82, 2.24) is 20.3 Å². The molecule has 20 heavy (non-hydrogen) atoms. The summed E-state index contributed by atoms with van der Waals surface area (Å²) in [5.41, 5.74) is 2.01. The van der Waals surface area contributed by atoms with Gasteiger partial charge in [-0.2, -0.15) is 15.0 Å². The number of rotatable bonds is 7. The summed E-state index contributed by atoms with van der Waals surface area (Å²) in [6, 6.07) is 10.3. The Hall–Kier alpha value is -1.68. The molecule has 0 radical (unpaired) electrons. The average Bonchev–Trinajstić information content (AvgIpc) is 2.94. The van der Waals surface area contributed by atoms with Gasteiger partial charge in [0.05, 0.1) is 17.9 Å². The Labute approximate surface area is 121 Å². The second-order valence-electron chi connectivity index (χ2n) is 5.56. The van der Waals surface area contributed by atoms with Gasteiger partial charge in [0.1, 0.15) is 5.69 Å². The van der Waals surface area contributed by atoms with Gasteiger partial charge in [-0.1, -0.05) is 44.9 Å². The second-order valence-corrected chi connectivity index (χ2v) is 5.56. The zero-order valence-electron chi connectivity index (χ0n) is 12.6. The van der Waals surface area contributed by atoms with Gasteiger partial charge in [0.15, 0.2) is 0 Å². The van der Waals surface area contributed by atoms with Crippen molar-refractivity contribution in [2.75, 3.05) is 7.05 Å². The molecule has 0 aliphatic heterocycles. The molecular formula is C16H24N4. The molecule has 1 aromatic heterocycles. The Kier molecular flexibility index (Phi) is 5.30. The highest BCUT2D eigenvalue weighted by Gasteiger charge is 2.13. The maximum Gasteiger partial charge on any atom is 0.100 e. The molecule has 1 atom stereocenters. The topological polar surface area (TPSA) is 42.7 Å². The summed E-state index contributed by atoms with van der Waals surface area (Å²) in [4.78, 5) is 1.70. The molecule has 108 valence electrons. The Morgan fingerprint density at radius 3 is 2.55 bits per heavy atom. The molecule has 2 rings (SSSR count). The SMILES string of the molecule is CNC(CCCC(C)C)c1cnn(-c2ccccc2)n1. The first-order valence-corrected chi connectivity index (χ1v) is 7.35. The predicted molar refractivity (Wildman–Crippen MR) is 81.8 cm³/mol. The maximum absolute atomic E-state index is 4.59. The van der Waals surface area contributed by atoms with Gasteiger partial charge in [0.2, 0.25) is 0 Å². The lowest BCUT2D eigenvalue weighted by Crippen LogP contribution is -2.17. The van der Waals surface area contributed by atoms with E-state index in [4.69, 9.17) is 0 Å². The average molecular weight is 272 g/mol. The highest BCUT2D eigenvalue weighted by molar-refractivity contribution is 5.28. The Balaban J connectivity index is 2.02. The number of nitrogens with zero attached hydrogens (tertiary/aromatic N) is 3. The molecule has 0 amide bonds. The first-order valence-electron chi connectivity index (χ1n) is 7.35. The molecule has 1 heterocycles. The van der Waals surface area contributed by atoms with Crippen LogP contribution in [-0.4, -0.2) is 22.0 Å². The molecule has 0 fully saturated rings. The van der Waals surface area contributed by atoms with Crippen molar-refractivity contribution in [2.45, 2.75) is 39.2 Å². The van der Waals surface area contributed by atoms with Crippen LogP contribution in [0.1, 0.15) is 44.8 Å². The molecule has 1 N–H and O–H groups in total. The van der Waals surface area contributed by atoms with Crippen molar-refractivity contribution < 1.29 is 0 Å². The third kappa shape index (κ3) is 3.90. The van der Waals surface area contributed by atoms with Crippen LogP contribution in [-0.2, 0) is 0 Å². The highest BCUT2D eigenvalue weighted by atomic mass is 15.5. The van der Waals surface area contributed by atoms with Crippen LogP contribution in [0.5, 0.6) is 0 Å². The molecule has 0 aliphatic carbocycles. The summed E-state index contributed by atoms with van der Waals surface area (Å²) in [6.07, 6.45) is 5.43. The van der Waals surface area contributed by atoms with E-state index >= 15 is 0 Å². The van der Waals surface area contributed by atoms with Gasteiger partial charge in [-0.25, -0.2) is 0 Å². The largest absolute Gasteiger partial charge is 0.312 e. The van der Waals surface area contributed by atoms with Crippen molar-refractivity contribution in [2.24, 2.45) is 5.92 Å². The monoisotopic (exact) mass is 272 g/mol. The van der Waals surface area contributed by atoms with E-state index in [9.17, 15) is 0 Å². The number of para-hydroxylation sites is 1. The Morgan fingerprint density at radius 1 is 1.15 bits per heavy atom. The third-order valence-corrected chi connectivity index (χ3v) is 3.48. The van der Waals surface area contributed by atoms with Crippen LogP contribution in [0.3, 0.4) is 0 Å². The molecule has 2 aromatic rings. The fraction of sp³-hybridized carbons (Fsp3) is 0.500. The molecule has 4 heteroatoms. The minimum Gasteiger partial charge on any atom is -0.312 e. The first-order chi connectivity index (χ1) is 9.70. The lowest BCUT2D eigenvalue weighted by molar-refractivity contribution is 0.462. The quantitative estimate of drug-likeness (QED) is 0.840. The molecule has 4 nitrogen and oxygen atoms in total. The summed E-state index contributed by atoms with van der Waals surface area (Å²) < 4.78 is 0. The molecule has 0 spiro atoms. The summed E-state index contributed by atoms with van der Waals surface area (Å²) in [5.74, 6) is 0.757. The van der Waals surface area contributed by atoms with Crippen LogP contribution in [0.25, 0.3) is 5.69 Å². The van der Waals surface area contributed by atoms with E-state index in [1.54, 1.807) is 4.80 Å². The number of benzene rings is 1. The molecule has 1 unspecified atom stereocenters. The summed E-state index contributed by atoms with van der Waals surface area (Å²) >= 11 is 0. The molecule has 0 bridgehead atoms. The smallest absolute Gasteiger partial charge is 0.100 e. The summed E-state index contributed by atoms with van der Waals surface area (Å²) in [5, 5.41) is 12.3. The number of nitrogens with one attached hydrogen (secondary N) is 1. The van der Waals surface area contributed by atoms with Gasteiger partial charge in [0, 0.05) is 0 Å². The lowest BCUT2D eigenvalue weighted by atomic mass is 10.0. The van der Waals surface area contributed by atoms with Crippen molar-refractivity contribution in [3.63, 3.8) is 0 Å². The zero-order chi connectivity index (χ0) is 14.4. The first kappa shape index (κ1) is 14.7. The van der Waals surface area contributed by atoms with Crippen molar-refractivity contribution in [1.29, 1.82) is 0 Å². The van der Waals surface area contributed by atoms with Gasteiger partial charge in [-0.05, 0) is 31.5 Å². The zero-order valence-corrected chi connectivity index (χ0v) is 12.6. The van der Waals surface area contributed by atoms with Crippen molar-refractivity contribution in [3.05, 3.63) is 42.2 Å². The summed E-state index contributed by atoms with van der Waals surface area (Å²) in [6.45, 7) is 4.53. The maximum atomic E-state index is 4.59. The van der Waals surface area contributed by atoms with E-state index < -0.39 is 0 Å². The number of aromatic nitrogens is 3. The molecule has 0 saturated carbocycles. The second kappa shape index (κ2) is 7.20. The van der Waals surface area contributed by atoms with Crippen LogP contribution >= 0.6 is 0 Å². The molecule has 0 aliphatic rings. The van der Waals surface area contributed by atoms with Gasteiger partial charge in [-0.15, -0.1) is 0 Å². The van der Waals surface area contributed by atoms with E-state index in [0.717, 1.165) is 23.7 Å². The highest BCUT2D eigenvalue weighted by Crippen LogP contribution is 2.19. The normalized spacial score (nSPS) is 12.8. The van der Waals surface area contributed by atoms with Crippen LogP contribution in [0, 0.1) is 5.92 Å². The van der Waals surface area contributed by atoms with E-state index in [-0.39, 0.29) is 6.04 Å². The number of hydrogen-bond donors (Lipinski definition) is 1. The van der Waals surface area contributed by atoms with Crippen LogP contribution in [0.15, 0.2) is 36.5 Å². The van der Waals surface area contributed by atoms with Crippen molar-refractivity contribution in [3.8, 4) is 5.69 Å². The molecule has 1 aromatic carbocycles. The number of hydrogen-bond acceptors (Lipinski definition) is 3. The van der Waals surface area contributed by atoms with Gasteiger partial charge < -0.3 is 5.32 Å². The fourth-order valence-electron chi connectivity index (χ4n) is 2.29. The van der Waals surface area contributed by atoms with Crippen LogP contribution in [0.4, 0.5) is 0 Å². The predicted octanol–water partition coefficient (Wildman–Crippen LogP) is 3.35. The Morgan fingerprint density at radius 2 is 1.90 bits per heavy atom. The minimum atomic E-state index is 0.284. The lowest BCUT2D eigenvalue weighted by Gasteiger charge is -2.13. The van der Waals surface area contributed by atoms with Gasteiger partial charge >= 0.3 is 0 Å². The van der Waals surface area contributed by atoms with E-state index in [0.29, 0.717) is 0 Å². The van der Waals surface area contributed by atoms with Crippen molar-refractivity contribution >= 4 is 0 Å². The van der Waals surface area contributed by atoms with E-state index in [2.05, 4.69) is 29.4 Å². The fourth-order valence-corrected chi connectivity index (χ4v) is 2.29. The molecular weight excluding hydrogens is 248 g/mol. The van der Waals surface area contributed by atoms with Gasteiger partial charge in [-0.3, -0.25) is 0 Å². The third-order valence-electron chi connectivity index (χ3n) is 3.48. The van der Waals surface area contributed by atoms with E-state index in [1.807, 2.05) is 43.6 Å². The van der Waals surface area contributed by atoms with Crippen LogP contribution < -0.4 is 5.32 Å². The van der Waals surface area contributed by atoms with E-state index in [1.165, 1.54) is 12.8 Å². The Bertz CT molecular complexity index is 504. The molecule has 0 saturated heterocycles. The standard InChI is InChI=1S/C16H24N4/c1-13(2)8-7-11-15(17-3)16-12-18-20(19-16)14-9-5-4-6-10-14/h4-6,9-10,12-13,15,17H,7-8,11H2,1-3H3. The van der Waals surface area contributed by atoms with Crippen LogP contribution in [0.2, 0.25) is 0 Å². The summed E-state index contributed by atoms with van der Waals surface area (Å²) in [7, 11) is 1.99.